The summed E-state index contributed by atoms with van der Waals surface area (Å²) in [6.45, 7) is 6.63. The third-order valence-corrected chi connectivity index (χ3v) is 4.89. The zero-order valence-corrected chi connectivity index (χ0v) is 12.8. The average Bonchev–Trinajstić information content (AvgIpc) is 2.71. The third-order valence-electron chi connectivity index (χ3n) is 4.89. The first kappa shape index (κ1) is 12.9. The number of dihydropyridines is 1. The molecular weight excluding hydrogens is 261 g/mol. The van der Waals surface area contributed by atoms with Crippen LogP contribution in [0.1, 0.15) is 50.7 Å². The van der Waals surface area contributed by atoms with Crippen LogP contribution in [0.15, 0.2) is 46.7 Å². The van der Waals surface area contributed by atoms with Crippen molar-refractivity contribution >= 4 is 6.08 Å². The standard InChI is InChI=1S/C19H20FN/c1-11-10-19(2,3)21-18-8-13-6-12-7-14(20)4-5-15(12)17(13)9-16(11)18/h4-7,10,17,21H,8-9H2,1-3H3. The molecule has 0 amide bonds. The maximum Gasteiger partial charge on any atom is 0.123 e. The molecule has 0 aromatic heterocycles. The molecule has 1 nitrogen and oxygen atoms in total. The number of fused-ring (bicyclic) bond motifs is 3. The lowest BCUT2D eigenvalue weighted by Gasteiger charge is -2.38. The average molecular weight is 281 g/mol. The molecule has 0 saturated carbocycles. The highest BCUT2D eigenvalue weighted by Gasteiger charge is 2.35. The van der Waals surface area contributed by atoms with Crippen molar-refractivity contribution in [1.82, 2.24) is 5.32 Å². The van der Waals surface area contributed by atoms with E-state index in [-0.39, 0.29) is 11.4 Å². The number of benzene rings is 1. The van der Waals surface area contributed by atoms with E-state index in [0.29, 0.717) is 5.92 Å². The molecule has 1 atom stereocenters. The van der Waals surface area contributed by atoms with Gasteiger partial charge < -0.3 is 5.32 Å². The predicted octanol–water partition coefficient (Wildman–Crippen LogP) is 4.68. The molecule has 1 N–H and O–H groups in total. The summed E-state index contributed by atoms with van der Waals surface area (Å²) in [5.41, 5.74) is 8.00. The normalized spacial score (nSPS) is 25.4. The quantitative estimate of drug-likeness (QED) is 0.728. The molecule has 1 heterocycles. The van der Waals surface area contributed by atoms with Crippen LogP contribution in [0.2, 0.25) is 0 Å². The Morgan fingerprint density at radius 2 is 2.10 bits per heavy atom. The highest BCUT2D eigenvalue weighted by molar-refractivity contribution is 5.69. The lowest BCUT2D eigenvalue weighted by Crippen LogP contribution is -2.41. The van der Waals surface area contributed by atoms with Crippen LogP contribution in [0.25, 0.3) is 6.08 Å². The molecule has 1 aromatic carbocycles. The number of halogens is 1. The zero-order chi connectivity index (χ0) is 14.8. The van der Waals surface area contributed by atoms with E-state index in [1.807, 2.05) is 6.07 Å². The monoisotopic (exact) mass is 281 g/mol. The number of hydrogen-bond donors (Lipinski definition) is 1. The predicted molar refractivity (Wildman–Crippen MR) is 84.3 cm³/mol. The van der Waals surface area contributed by atoms with Crippen LogP contribution in [0.5, 0.6) is 0 Å². The highest BCUT2D eigenvalue weighted by Crippen LogP contribution is 2.49. The summed E-state index contributed by atoms with van der Waals surface area (Å²) < 4.78 is 13.4. The fourth-order valence-electron chi connectivity index (χ4n) is 4.11. The number of nitrogens with one attached hydrogen (secondary N) is 1. The van der Waals surface area contributed by atoms with Crippen LogP contribution < -0.4 is 5.32 Å². The SMILES string of the molecule is CC1=CC(C)(C)NC2=C1CC1C(=Cc3cc(F)ccc31)C2. The second-order valence-electron chi connectivity index (χ2n) is 7.06. The van der Waals surface area contributed by atoms with E-state index in [2.05, 4.69) is 38.2 Å². The lowest BCUT2D eigenvalue weighted by atomic mass is 9.76. The summed E-state index contributed by atoms with van der Waals surface area (Å²) in [5.74, 6) is 0.294. The van der Waals surface area contributed by atoms with Crippen molar-refractivity contribution in [2.45, 2.75) is 45.1 Å². The Morgan fingerprint density at radius 1 is 1.29 bits per heavy atom. The van der Waals surface area contributed by atoms with Crippen molar-refractivity contribution in [2.75, 3.05) is 0 Å². The zero-order valence-electron chi connectivity index (χ0n) is 12.8. The molecule has 2 heteroatoms. The summed E-state index contributed by atoms with van der Waals surface area (Å²) in [6.07, 6.45) is 6.51. The first-order chi connectivity index (χ1) is 9.93. The second-order valence-corrected chi connectivity index (χ2v) is 7.06. The Kier molecular flexibility index (Phi) is 2.51. The maximum atomic E-state index is 13.4. The molecule has 0 radical (unpaired) electrons. The van der Waals surface area contributed by atoms with Gasteiger partial charge in [-0.1, -0.05) is 23.8 Å². The Balaban J connectivity index is 1.76. The van der Waals surface area contributed by atoms with Gasteiger partial charge in [0.2, 0.25) is 0 Å². The third kappa shape index (κ3) is 1.97. The Labute approximate surface area is 125 Å². The first-order valence-corrected chi connectivity index (χ1v) is 7.63. The van der Waals surface area contributed by atoms with E-state index >= 15 is 0 Å². The first-order valence-electron chi connectivity index (χ1n) is 7.63. The van der Waals surface area contributed by atoms with Gasteiger partial charge in [-0.25, -0.2) is 4.39 Å². The Hall–Kier alpha value is -1.83. The summed E-state index contributed by atoms with van der Waals surface area (Å²) in [7, 11) is 0. The second kappa shape index (κ2) is 4.09. The Bertz CT molecular complexity index is 734. The minimum absolute atomic E-state index is 0.0217. The van der Waals surface area contributed by atoms with E-state index in [0.717, 1.165) is 18.4 Å². The van der Waals surface area contributed by atoms with Crippen LogP contribution >= 0.6 is 0 Å². The van der Waals surface area contributed by atoms with Gasteiger partial charge in [0.05, 0.1) is 5.54 Å². The van der Waals surface area contributed by atoms with E-state index in [1.54, 1.807) is 12.1 Å². The highest BCUT2D eigenvalue weighted by atomic mass is 19.1. The molecule has 0 bridgehead atoms. The van der Waals surface area contributed by atoms with Crippen LogP contribution in [0.4, 0.5) is 4.39 Å². The topological polar surface area (TPSA) is 12.0 Å². The molecule has 1 aromatic rings. The van der Waals surface area contributed by atoms with Gasteiger partial charge in [-0.05, 0) is 61.6 Å². The van der Waals surface area contributed by atoms with Crippen molar-refractivity contribution in [1.29, 1.82) is 0 Å². The largest absolute Gasteiger partial charge is 0.379 e. The lowest BCUT2D eigenvalue weighted by molar-refractivity contribution is 0.491. The summed E-state index contributed by atoms with van der Waals surface area (Å²) >= 11 is 0. The summed E-state index contributed by atoms with van der Waals surface area (Å²) in [6, 6.07) is 5.22. The number of allylic oxidation sites excluding steroid dienone is 3. The van der Waals surface area contributed by atoms with E-state index in [4.69, 9.17) is 0 Å². The molecule has 3 aliphatic rings. The minimum atomic E-state index is -0.141. The van der Waals surface area contributed by atoms with Gasteiger partial charge in [-0.15, -0.1) is 0 Å². The fourth-order valence-corrected chi connectivity index (χ4v) is 4.11. The molecule has 0 saturated heterocycles. The van der Waals surface area contributed by atoms with E-state index < -0.39 is 0 Å². The molecule has 0 fully saturated rings. The van der Waals surface area contributed by atoms with E-state index in [1.165, 1.54) is 28.0 Å². The van der Waals surface area contributed by atoms with Gasteiger partial charge in [0, 0.05) is 18.0 Å². The molecule has 1 unspecified atom stereocenters. The fraction of sp³-hybridized carbons (Fsp3) is 0.368. The van der Waals surface area contributed by atoms with Gasteiger partial charge in [0.1, 0.15) is 5.82 Å². The van der Waals surface area contributed by atoms with Gasteiger partial charge in [0.15, 0.2) is 0 Å². The van der Waals surface area contributed by atoms with Crippen LogP contribution in [-0.4, -0.2) is 5.54 Å². The molecule has 2 aliphatic carbocycles. The summed E-state index contributed by atoms with van der Waals surface area (Å²) in [5, 5.41) is 3.66. The molecule has 1 aliphatic heterocycles. The van der Waals surface area contributed by atoms with Crippen LogP contribution in [-0.2, 0) is 0 Å². The number of rotatable bonds is 0. The molecule has 21 heavy (non-hydrogen) atoms. The molecule has 4 rings (SSSR count). The van der Waals surface area contributed by atoms with Gasteiger partial charge in [-0.2, -0.15) is 0 Å². The summed E-state index contributed by atoms with van der Waals surface area (Å²) in [4.78, 5) is 0. The van der Waals surface area contributed by atoms with E-state index in [9.17, 15) is 4.39 Å². The molecule has 0 spiro atoms. The van der Waals surface area contributed by atoms with Gasteiger partial charge >= 0.3 is 0 Å². The van der Waals surface area contributed by atoms with Crippen molar-refractivity contribution < 1.29 is 4.39 Å². The molecule has 108 valence electrons. The van der Waals surface area contributed by atoms with Gasteiger partial charge in [-0.3, -0.25) is 0 Å². The number of hydrogen-bond acceptors (Lipinski definition) is 1. The van der Waals surface area contributed by atoms with Crippen LogP contribution in [0, 0.1) is 5.82 Å². The van der Waals surface area contributed by atoms with Crippen molar-refractivity contribution in [3.8, 4) is 0 Å². The minimum Gasteiger partial charge on any atom is -0.379 e. The van der Waals surface area contributed by atoms with Crippen molar-refractivity contribution in [2.24, 2.45) is 0 Å². The van der Waals surface area contributed by atoms with Crippen molar-refractivity contribution in [3.63, 3.8) is 0 Å². The van der Waals surface area contributed by atoms with Gasteiger partial charge in [0.25, 0.3) is 0 Å². The Morgan fingerprint density at radius 3 is 2.90 bits per heavy atom. The van der Waals surface area contributed by atoms with Crippen LogP contribution in [0.3, 0.4) is 0 Å². The molecular formula is C19H20FN. The smallest absolute Gasteiger partial charge is 0.123 e. The van der Waals surface area contributed by atoms with Crippen molar-refractivity contribution in [3.05, 3.63) is 63.6 Å². The maximum absolute atomic E-state index is 13.4.